The predicted molar refractivity (Wildman–Crippen MR) is 76.1 cm³/mol. The van der Waals surface area contributed by atoms with Crippen LogP contribution in [0.25, 0.3) is 0 Å². The lowest BCUT2D eigenvalue weighted by molar-refractivity contribution is 0.304. The summed E-state index contributed by atoms with van der Waals surface area (Å²) in [6, 6.07) is 11.7. The third kappa shape index (κ3) is 3.99. The van der Waals surface area contributed by atoms with Crippen molar-refractivity contribution in [2.24, 2.45) is 0 Å². The molecule has 4 heteroatoms. The van der Waals surface area contributed by atoms with Crippen molar-refractivity contribution in [3.8, 4) is 17.6 Å². The van der Waals surface area contributed by atoms with Gasteiger partial charge in [0.25, 0.3) is 0 Å². The van der Waals surface area contributed by atoms with Crippen LogP contribution in [0.1, 0.15) is 11.1 Å². The molecule has 0 aliphatic carbocycles. The van der Waals surface area contributed by atoms with Crippen LogP contribution >= 0.6 is 11.6 Å². The van der Waals surface area contributed by atoms with E-state index in [4.69, 9.17) is 21.4 Å². The summed E-state index contributed by atoms with van der Waals surface area (Å²) in [5.74, 6) is 4.88. The molecule has 0 bridgehead atoms. The standard InChI is InChI=1S/C16H12ClFO2/c17-14-6-3-12(4-7-14)11-20-15-8-5-13(2-1-9-19)16(18)10-15/h3-8,10,19H,9,11H2. The molecule has 1 N–H and O–H groups in total. The van der Waals surface area contributed by atoms with Crippen molar-refractivity contribution in [3.05, 3.63) is 64.4 Å². The molecule has 0 amide bonds. The van der Waals surface area contributed by atoms with Gasteiger partial charge in [-0.3, -0.25) is 0 Å². The van der Waals surface area contributed by atoms with E-state index in [1.165, 1.54) is 12.1 Å². The van der Waals surface area contributed by atoms with Crippen LogP contribution in [0.2, 0.25) is 5.02 Å². The molecule has 0 saturated carbocycles. The van der Waals surface area contributed by atoms with Crippen LogP contribution < -0.4 is 4.74 Å². The Kier molecular flexibility index (Phi) is 5.00. The fourth-order valence-electron chi connectivity index (χ4n) is 1.57. The summed E-state index contributed by atoms with van der Waals surface area (Å²) in [6.07, 6.45) is 0. The zero-order valence-electron chi connectivity index (χ0n) is 10.6. The van der Waals surface area contributed by atoms with Gasteiger partial charge in [0.2, 0.25) is 0 Å². The highest BCUT2D eigenvalue weighted by Gasteiger charge is 2.02. The second kappa shape index (κ2) is 6.95. The third-order valence-corrected chi connectivity index (χ3v) is 2.81. The molecule has 2 nitrogen and oxygen atoms in total. The summed E-state index contributed by atoms with van der Waals surface area (Å²) < 4.78 is 19.2. The summed E-state index contributed by atoms with van der Waals surface area (Å²) in [6.45, 7) is 0.0343. The fraction of sp³-hybridized carbons (Fsp3) is 0.125. The molecular weight excluding hydrogens is 279 g/mol. The van der Waals surface area contributed by atoms with Crippen molar-refractivity contribution < 1.29 is 14.2 Å². The van der Waals surface area contributed by atoms with E-state index in [0.717, 1.165) is 5.56 Å². The second-order valence-electron chi connectivity index (χ2n) is 4.02. The Hall–Kier alpha value is -2.02. The first-order valence-electron chi connectivity index (χ1n) is 5.95. The molecule has 2 aromatic carbocycles. The number of benzene rings is 2. The highest BCUT2D eigenvalue weighted by Crippen LogP contribution is 2.18. The highest BCUT2D eigenvalue weighted by molar-refractivity contribution is 6.30. The Morgan fingerprint density at radius 1 is 1.15 bits per heavy atom. The van der Waals surface area contributed by atoms with Crippen molar-refractivity contribution in [2.45, 2.75) is 6.61 Å². The molecule has 102 valence electrons. The Balaban J connectivity index is 2.03. The number of ether oxygens (including phenoxy) is 1. The monoisotopic (exact) mass is 290 g/mol. The van der Waals surface area contributed by atoms with Crippen LogP contribution in [-0.2, 0) is 6.61 Å². The van der Waals surface area contributed by atoms with Crippen molar-refractivity contribution in [2.75, 3.05) is 6.61 Å². The largest absolute Gasteiger partial charge is 0.489 e. The molecule has 0 unspecified atom stereocenters. The molecule has 0 fully saturated rings. The van der Waals surface area contributed by atoms with Gasteiger partial charge >= 0.3 is 0 Å². The molecular formula is C16H12ClFO2. The molecule has 20 heavy (non-hydrogen) atoms. The Bertz CT molecular complexity index is 642. The van der Waals surface area contributed by atoms with Gasteiger partial charge in [0, 0.05) is 11.1 Å². The van der Waals surface area contributed by atoms with Gasteiger partial charge in [-0.25, -0.2) is 4.39 Å². The summed E-state index contributed by atoms with van der Waals surface area (Å²) in [5, 5.41) is 9.23. The van der Waals surface area contributed by atoms with Crippen LogP contribution in [0.15, 0.2) is 42.5 Å². The first kappa shape index (κ1) is 14.4. The number of rotatable bonds is 3. The van der Waals surface area contributed by atoms with Crippen LogP contribution in [0.4, 0.5) is 4.39 Å². The summed E-state index contributed by atoms with van der Waals surface area (Å²) >= 11 is 5.79. The molecule has 2 rings (SSSR count). The second-order valence-corrected chi connectivity index (χ2v) is 4.45. The fourth-order valence-corrected chi connectivity index (χ4v) is 1.70. The first-order chi connectivity index (χ1) is 9.69. The van der Waals surface area contributed by atoms with E-state index < -0.39 is 5.82 Å². The normalized spacial score (nSPS) is 9.75. The lowest BCUT2D eigenvalue weighted by Gasteiger charge is -2.07. The van der Waals surface area contributed by atoms with Gasteiger partial charge in [0.15, 0.2) is 0 Å². The van der Waals surface area contributed by atoms with E-state index in [9.17, 15) is 4.39 Å². The average molecular weight is 291 g/mol. The van der Waals surface area contributed by atoms with Gasteiger partial charge < -0.3 is 9.84 Å². The van der Waals surface area contributed by atoms with Crippen molar-refractivity contribution >= 4 is 11.6 Å². The van der Waals surface area contributed by atoms with Crippen molar-refractivity contribution in [1.82, 2.24) is 0 Å². The number of aliphatic hydroxyl groups excluding tert-OH is 1. The zero-order valence-corrected chi connectivity index (χ0v) is 11.3. The zero-order chi connectivity index (χ0) is 14.4. The number of hydrogen-bond acceptors (Lipinski definition) is 2. The van der Waals surface area contributed by atoms with Gasteiger partial charge in [0.05, 0.1) is 5.56 Å². The smallest absolute Gasteiger partial charge is 0.142 e. The summed E-state index contributed by atoms with van der Waals surface area (Å²) in [4.78, 5) is 0. The van der Waals surface area contributed by atoms with Crippen molar-refractivity contribution in [1.29, 1.82) is 0 Å². The van der Waals surface area contributed by atoms with Crippen LogP contribution in [0, 0.1) is 17.7 Å². The quantitative estimate of drug-likeness (QED) is 0.878. The minimum Gasteiger partial charge on any atom is -0.489 e. The van der Waals surface area contributed by atoms with Gasteiger partial charge in [-0.15, -0.1) is 0 Å². The summed E-state index contributed by atoms with van der Waals surface area (Å²) in [7, 11) is 0. The van der Waals surface area contributed by atoms with E-state index in [2.05, 4.69) is 11.8 Å². The van der Waals surface area contributed by atoms with Gasteiger partial charge in [0.1, 0.15) is 24.8 Å². The van der Waals surface area contributed by atoms with E-state index in [1.807, 2.05) is 12.1 Å². The molecule has 0 spiro atoms. The SMILES string of the molecule is OCC#Cc1ccc(OCc2ccc(Cl)cc2)cc1F. The predicted octanol–water partition coefficient (Wildman–Crippen LogP) is 3.40. The molecule has 2 aromatic rings. The van der Waals surface area contributed by atoms with Gasteiger partial charge in [-0.05, 0) is 29.8 Å². The Labute approximate surface area is 121 Å². The van der Waals surface area contributed by atoms with Crippen LogP contribution in [-0.4, -0.2) is 11.7 Å². The maximum atomic E-state index is 13.7. The molecule has 0 saturated heterocycles. The average Bonchev–Trinajstić information content (AvgIpc) is 2.46. The number of halogens is 2. The molecule has 0 aliphatic rings. The highest BCUT2D eigenvalue weighted by atomic mass is 35.5. The van der Waals surface area contributed by atoms with E-state index in [0.29, 0.717) is 17.4 Å². The van der Waals surface area contributed by atoms with Crippen molar-refractivity contribution in [3.63, 3.8) is 0 Å². The van der Waals surface area contributed by atoms with E-state index in [-0.39, 0.29) is 12.2 Å². The minimum absolute atomic E-state index is 0.234. The van der Waals surface area contributed by atoms with Crippen LogP contribution in [0.3, 0.4) is 0 Å². The van der Waals surface area contributed by atoms with Crippen LogP contribution in [0.5, 0.6) is 5.75 Å². The lowest BCUT2D eigenvalue weighted by atomic mass is 10.2. The molecule has 0 aromatic heterocycles. The topological polar surface area (TPSA) is 29.5 Å². The summed E-state index contributed by atoms with van der Waals surface area (Å²) in [5.41, 5.74) is 1.18. The minimum atomic E-state index is -0.473. The van der Waals surface area contributed by atoms with Gasteiger partial charge in [-0.1, -0.05) is 35.6 Å². The number of hydrogen-bond donors (Lipinski definition) is 1. The maximum Gasteiger partial charge on any atom is 0.142 e. The molecule has 0 heterocycles. The Morgan fingerprint density at radius 2 is 1.90 bits per heavy atom. The Morgan fingerprint density at radius 3 is 2.55 bits per heavy atom. The van der Waals surface area contributed by atoms with E-state index >= 15 is 0 Å². The third-order valence-electron chi connectivity index (χ3n) is 2.56. The first-order valence-corrected chi connectivity index (χ1v) is 6.33. The lowest BCUT2D eigenvalue weighted by Crippen LogP contribution is -1.96. The molecule has 0 aliphatic heterocycles. The molecule has 0 atom stereocenters. The number of aliphatic hydroxyl groups is 1. The maximum absolute atomic E-state index is 13.7. The molecule has 0 radical (unpaired) electrons. The van der Waals surface area contributed by atoms with Gasteiger partial charge in [-0.2, -0.15) is 0 Å². The van der Waals surface area contributed by atoms with E-state index in [1.54, 1.807) is 18.2 Å².